The van der Waals surface area contributed by atoms with Crippen LogP contribution in [0, 0.1) is 0 Å². The molecule has 8 rings (SSSR count). The standard InChI is InChI=1S/2C18H18N2O/c2*21-15-11-9-14(10-12-15)20-17-8-4-3-7-16(17)19-18(20)13-5-1-2-6-13/h2*3-4,7-13,21H,1-2,5-6H2. The lowest BCUT2D eigenvalue weighted by molar-refractivity contribution is 0.474. The number of para-hydroxylation sites is 4. The summed E-state index contributed by atoms with van der Waals surface area (Å²) in [5.41, 5.74) is 6.53. The van der Waals surface area contributed by atoms with Crippen molar-refractivity contribution in [3.8, 4) is 22.9 Å². The molecule has 6 heteroatoms. The molecule has 212 valence electrons. The van der Waals surface area contributed by atoms with Crippen molar-refractivity contribution in [3.63, 3.8) is 0 Å². The summed E-state index contributed by atoms with van der Waals surface area (Å²) in [5, 5.41) is 19.0. The second-order valence-corrected chi connectivity index (χ2v) is 11.6. The topological polar surface area (TPSA) is 76.1 Å². The van der Waals surface area contributed by atoms with Crippen molar-refractivity contribution < 1.29 is 10.2 Å². The smallest absolute Gasteiger partial charge is 0.117 e. The normalized spacial score (nSPS) is 15.8. The van der Waals surface area contributed by atoms with Crippen LogP contribution in [0.2, 0.25) is 0 Å². The molecule has 0 atom stereocenters. The lowest BCUT2D eigenvalue weighted by atomic mass is 10.1. The van der Waals surface area contributed by atoms with Crippen LogP contribution in [0.5, 0.6) is 11.5 Å². The molecule has 42 heavy (non-hydrogen) atoms. The van der Waals surface area contributed by atoms with Crippen molar-refractivity contribution in [1.82, 2.24) is 19.1 Å². The molecule has 2 aromatic heterocycles. The summed E-state index contributed by atoms with van der Waals surface area (Å²) in [6.45, 7) is 0. The Morgan fingerprint density at radius 3 is 1.21 bits per heavy atom. The second-order valence-electron chi connectivity index (χ2n) is 11.6. The van der Waals surface area contributed by atoms with E-state index < -0.39 is 0 Å². The first kappa shape index (κ1) is 26.3. The molecule has 2 heterocycles. The van der Waals surface area contributed by atoms with Crippen LogP contribution < -0.4 is 0 Å². The third-order valence-corrected chi connectivity index (χ3v) is 8.83. The molecule has 0 amide bonds. The van der Waals surface area contributed by atoms with Gasteiger partial charge in [0.15, 0.2) is 0 Å². The van der Waals surface area contributed by atoms with Gasteiger partial charge in [0, 0.05) is 23.2 Å². The van der Waals surface area contributed by atoms with Crippen LogP contribution in [-0.4, -0.2) is 29.3 Å². The van der Waals surface area contributed by atoms with E-state index in [1.54, 1.807) is 24.3 Å². The highest BCUT2D eigenvalue weighted by Gasteiger charge is 2.25. The average Bonchev–Trinajstić information content (AvgIpc) is 3.83. The fraction of sp³-hybridized carbons (Fsp3) is 0.278. The van der Waals surface area contributed by atoms with Crippen LogP contribution in [0.15, 0.2) is 97.1 Å². The van der Waals surface area contributed by atoms with Crippen LogP contribution in [0.4, 0.5) is 0 Å². The summed E-state index contributed by atoms with van der Waals surface area (Å²) in [5.74, 6) is 4.02. The minimum absolute atomic E-state index is 0.297. The van der Waals surface area contributed by atoms with E-state index in [-0.39, 0.29) is 0 Å². The number of phenolic OH excluding ortho intramolecular Hbond substituents is 2. The number of aromatic hydroxyl groups is 2. The van der Waals surface area contributed by atoms with Gasteiger partial charge in [0.05, 0.1) is 22.1 Å². The number of benzene rings is 4. The zero-order chi connectivity index (χ0) is 28.5. The van der Waals surface area contributed by atoms with Gasteiger partial charge in [-0.3, -0.25) is 9.13 Å². The fourth-order valence-corrected chi connectivity index (χ4v) is 6.75. The van der Waals surface area contributed by atoms with Gasteiger partial charge < -0.3 is 10.2 Å². The molecule has 0 bridgehead atoms. The summed E-state index contributed by atoms with van der Waals surface area (Å²) in [6.07, 6.45) is 10.1. The average molecular weight is 557 g/mol. The lowest BCUT2D eigenvalue weighted by Gasteiger charge is -2.13. The van der Waals surface area contributed by atoms with E-state index in [1.807, 2.05) is 36.4 Å². The molecule has 2 aliphatic carbocycles. The highest BCUT2D eigenvalue weighted by molar-refractivity contribution is 5.79. The first-order chi connectivity index (χ1) is 20.7. The van der Waals surface area contributed by atoms with Gasteiger partial charge in [-0.15, -0.1) is 0 Å². The van der Waals surface area contributed by atoms with Gasteiger partial charge in [0.1, 0.15) is 23.1 Å². The van der Waals surface area contributed by atoms with Crippen molar-refractivity contribution in [2.24, 2.45) is 0 Å². The molecule has 2 fully saturated rings. The maximum atomic E-state index is 9.52. The summed E-state index contributed by atoms with van der Waals surface area (Å²) < 4.78 is 4.51. The van der Waals surface area contributed by atoms with Crippen molar-refractivity contribution in [3.05, 3.63) is 109 Å². The van der Waals surface area contributed by atoms with E-state index >= 15 is 0 Å². The van der Waals surface area contributed by atoms with E-state index in [0.29, 0.717) is 23.3 Å². The molecule has 2 N–H and O–H groups in total. The molecule has 0 unspecified atom stereocenters. The van der Waals surface area contributed by atoms with E-state index in [2.05, 4.69) is 45.5 Å². The molecule has 0 spiro atoms. The lowest BCUT2D eigenvalue weighted by Crippen LogP contribution is -2.05. The van der Waals surface area contributed by atoms with Gasteiger partial charge in [-0.05, 0) is 98.5 Å². The molecule has 6 aromatic rings. The van der Waals surface area contributed by atoms with E-state index in [9.17, 15) is 10.2 Å². The number of hydrogen-bond acceptors (Lipinski definition) is 4. The minimum atomic E-state index is 0.297. The van der Waals surface area contributed by atoms with Gasteiger partial charge >= 0.3 is 0 Å². The minimum Gasteiger partial charge on any atom is -0.508 e. The number of phenols is 2. The van der Waals surface area contributed by atoms with Gasteiger partial charge in [0.25, 0.3) is 0 Å². The molecule has 0 saturated heterocycles. The third kappa shape index (κ3) is 5.02. The van der Waals surface area contributed by atoms with Crippen LogP contribution in [-0.2, 0) is 0 Å². The summed E-state index contributed by atoms with van der Waals surface area (Å²) in [4.78, 5) is 9.79. The monoisotopic (exact) mass is 556 g/mol. The molecule has 2 saturated carbocycles. The maximum Gasteiger partial charge on any atom is 0.117 e. The number of aromatic nitrogens is 4. The summed E-state index contributed by atoms with van der Waals surface area (Å²) >= 11 is 0. The van der Waals surface area contributed by atoms with E-state index in [1.165, 1.54) is 63.0 Å². The molecular weight excluding hydrogens is 520 g/mol. The zero-order valence-corrected chi connectivity index (χ0v) is 23.7. The van der Waals surface area contributed by atoms with Gasteiger partial charge in [-0.2, -0.15) is 0 Å². The van der Waals surface area contributed by atoms with Crippen LogP contribution >= 0.6 is 0 Å². The van der Waals surface area contributed by atoms with Crippen LogP contribution in [0.25, 0.3) is 33.4 Å². The Balaban J connectivity index is 0.000000137. The Morgan fingerprint density at radius 1 is 0.476 bits per heavy atom. The quantitative estimate of drug-likeness (QED) is 0.228. The molecule has 6 nitrogen and oxygen atoms in total. The van der Waals surface area contributed by atoms with E-state index in [4.69, 9.17) is 9.97 Å². The predicted molar refractivity (Wildman–Crippen MR) is 168 cm³/mol. The van der Waals surface area contributed by atoms with Gasteiger partial charge in [0.2, 0.25) is 0 Å². The number of fused-ring (bicyclic) bond motifs is 2. The summed E-state index contributed by atoms with van der Waals surface area (Å²) in [6, 6.07) is 31.4. The van der Waals surface area contributed by atoms with Crippen molar-refractivity contribution >= 4 is 22.1 Å². The second kappa shape index (κ2) is 11.4. The predicted octanol–water partition coefficient (Wildman–Crippen LogP) is 8.78. The number of nitrogens with zero attached hydrogens (tertiary/aromatic N) is 4. The third-order valence-electron chi connectivity index (χ3n) is 8.83. The zero-order valence-electron chi connectivity index (χ0n) is 23.7. The first-order valence-corrected chi connectivity index (χ1v) is 15.2. The van der Waals surface area contributed by atoms with Crippen LogP contribution in [0.3, 0.4) is 0 Å². The Kier molecular flexibility index (Phi) is 7.12. The van der Waals surface area contributed by atoms with E-state index in [0.717, 1.165) is 33.4 Å². The first-order valence-electron chi connectivity index (χ1n) is 15.2. The van der Waals surface area contributed by atoms with Crippen molar-refractivity contribution in [2.75, 3.05) is 0 Å². The molecule has 4 aromatic carbocycles. The maximum absolute atomic E-state index is 9.52. The SMILES string of the molecule is Oc1ccc(-n2c(C3CCCC3)nc3ccccc32)cc1.Oc1ccc(-n2c(C3CCCC3)nc3ccccc32)cc1. The van der Waals surface area contributed by atoms with Crippen molar-refractivity contribution in [1.29, 1.82) is 0 Å². The Morgan fingerprint density at radius 2 is 0.833 bits per heavy atom. The number of hydrogen-bond donors (Lipinski definition) is 2. The van der Waals surface area contributed by atoms with Crippen molar-refractivity contribution in [2.45, 2.75) is 63.2 Å². The highest BCUT2D eigenvalue weighted by Crippen LogP contribution is 2.38. The number of rotatable bonds is 4. The highest BCUT2D eigenvalue weighted by atomic mass is 16.3. The molecular formula is C36H36N4O2. The van der Waals surface area contributed by atoms with Gasteiger partial charge in [-0.1, -0.05) is 49.9 Å². The van der Waals surface area contributed by atoms with Gasteiger partial charge in [-0.25, -0.2) is 9.97 Å². The molecule has 0 radical (unpaired) electrons. The molecule has 2 aliphatic rings. The Hall–Kier alpha value is -4.58. The Bertz CT molecular complexity index is 1670. The largest absolute Gasteiger partial charge is 0.508 e. The van der Waals surface area contributed by atoms with Crippen LogP contribution in [0.1, 0.15) is 74.9 Å². The molecule has 0 aliphatic heterocycles. The number of imidazole rings is 2. The Labute approximate surface area is 245 Å². The fourth-order valence-electron chi connectivity index (χ4n) is 6.75. The summed E-state index contributed by atoms with van der Waals surface area (Å²) in [7, 11) is 0.